The average Bonchev–Trinajstić information content (AvgIpc) is 3.55. The number of nitrogens with one attached hydrogen (secondary N) is 1. The van der Waals surface area contributed by atoms with Gasteiger partial charge in [0.15, 0.2) is 21.8 Å². The Morgan fingerprint density at radius 1 is 0.972 bits per heavy atom. The highest BCUT2D eigenvalue weighted by atomic mass is 35.5. The maximum absolute atomic E-state index is 11.7. The molecule has 2 fully saturated rings. The maximum atomic E-state index is 11.7. The molecule has 10 heteroatoms. The highest BCUT2D eigenvalue weighted by molar-refractivity contribution is 7.90. The molecule has 0 amide bonds. The summed E-state index contributed by atoms with van der Waals surface area (Å²) in [7, 11) is -3.24. The minimum Gasteiger partial charge on any atom is -0.470 e. The molecule has 2 aliphatic rings. The topological polar surface area (TPSA) is 111 Å². The average molecular weight is 527 g/mol. The minimum atomic E-state index is -3.24. The fraction of sp³-hybridized carbons (Fsp3) is 0.269. The number of pyridine rings is 1. The lowest BCUT2D eigenvalue weighted by atomic mass is 10.0. The van der Waals surface area contributed by atoms with E-state index in [0.717, 1.165) is 22.2 Å². The number of aromatic amines is 1. The molecule has 2 N–H and O–H groups in total. The monoisotopic (exact) mass is 526 g/mol. The lowest BCUT2D eigenvalue weighted by molar-refractivity contribution is 0.00794. The van der Waals surface area contributed by atoms with Crippen LogP contribution in [0.2, 0.25) is 5.02 Å². The second kappa shape index (κ2) is 8.86. The summed E-state index contributed by atoms with van der Waals surface area (Å²) in [5, 5.41) is 10.4. The van der Waals surface area contributed by atoms with Crippen molar-refractivity contribution in [3.05, 3.63) is 65.7 Å². The molecule has 2 aromatic heterocycles. The maximum Gasteiger partial charge on any atom is 0.193 e. The van der Waals surface area contributed by atoms with Crippen LogP contribution in [0, 0.1) is 0 Å². The number of hydrogen-bond acceptors (Lipinski definition) is 7. The van der Waals surface area contributed by atoms with Gasteiger partial charge in [0.05, 0.1) is 39.9 Å². The number of H-pyrrole nitrogens is 1. The molecule has 4 aromatic rings. The van der Waals surface area contributed by atoms with Crippen molar-refractivity contribution in [2.24, 2.45) is 0 Å². The van der Waals surface area contributed by atoms with Gasteiger partial charge in [-0.15, -0.1) is 0 Å². The van der Waals surface area contributed by atoms with Crippen LogP contribution in [0.1, 0.15) is 0 Å². The molecular formula is C26H23ClN2O6S. The normalized spacial score (nSPS) is 23.8. The first-order valence-corrected chi connectivity index (χ1v) is 13.7. The van der Waals surface area contributed by atoms with Gasteiger partial charge in [0.2, 0.25) is 0 Å². The summed E-state index contributed by atoms with van der Waals surface area (Å²) < 4.78 is 40.7. The number of sulfone groups is 1. The molecule has 0 spiro atoms. The van der Waals surface area contributed by atoms with Crippen LogP contribution < -0.4 is 4.74 Å². The Hall–Kier alpha value is -2.95. The number of aliphatic hydroxyl groups excluding tert-OH is 1. The molecule has 36 heavy (non-hydrogen) atoms. The van der Waals surface area contributed by atoms with Crippen molar-refractivity contribution in [1.82, 2.24) is 9.97 Å². The van der Waals surface area contributed by atoms with Gasteiger partial charge < -0.3 is 24.3 Å². The van der Waals surface area contributed by atoms with Crippen molar-refractivity contribution in [2.75, 3.05) is 19.5 Å². The number of aromatic nitrogens is 2. The van der Waals surface area contributed by atoms with Crippen LogP contribution >= 0.6 is 11.6 Å². The molecule has 2 aliphatic heterocycles. The van der Waals surface area contributed by atoms with Crippen molar-refractivity contribution in [1.29, 1.82) is 0 Å². The standard InChI is InChI=1S/C26H23ClN2O6S/c1-36(31,32)17-8-6-15(7-9-17)14-2-4-16(5-3-14)24-18(27)10-19-20(29-24)11-23(28-19)35-22-13-34-25-21(30)12-33-26(22)25/h2-11,21-22,25-26,28,30H,12-13H2,1H3/t21-,22-,25?,26?/m1/s1. The lowest BCUT2D eigenvalue weighted by Gasteiger charge is -2.16. The zero-order chi connectivity index (χ0) is 25.0. The van der Waals surface area contributed by atoms with Gasteiger partial charge >= 0.3 is 0 Å². The van der Waals surface area contributed by atoms with Crippen LogP contribution in [0.3, 0.4) is 0 Å². The predicted octanol–water partition coefficient (Wildman–Crippen LogP) is 3.86. The number of fused-ring (bicyclic) bond motifs is 2. The van der Waals surface area contributed by atoms with Gasteiger partial charge in [-0.25, -0.2) is 13.4 Å². The van der Waals surface area contributed by atoms with E-state index in [1.54, 1.807) is 24.3 Å². The first-order chi connectivity index (χ1) is 17.3. The van der Waals surface area contributed by atoms with E-state index in [2.05, 4.69) is 4.98 Å². The van der Waals surface area contributed by atoms with Gasteiger partial charge in [-0.3, -0.25) is 0 Å². The van der Waals surface area contributed by atoms with Gasteiger partial charge in [0.1, 0.15) is 18.3 Å². The summed E-state index contributed by atoms with van der Waals surface area (Å²) in [5.74, 6) is 0.526. The third-order valence-electron chi connectivity index (χ3n) is 6.57. The summed E-state index contributed by atoms with van der Waals surface area (Å²) >= 11 is 6.58. The zero-order valence-corrected chi connectivity index (χ0v) is 20.8. The van der Waals surface area contributed by atoms with E-state index >= 15 is 0 Å². The highest BCUT2D eigenvalue weighted by Gasteiger charge is 2.48. The van der Waals surface area contributed by atoms with E-state index in [1.165, 1.54) is 6.26 Å². The summed E-state index contributed by atoms with van der Waals surface area (Å²) in [4.78, 5) is 8.23. The van der Waals surface area contributed by atoms with Crippen molar-refractivity contribution in [3.8, 4) is 28.3 Å². The quantitative estimate of drug-likeness (QED) is 0.406. The van der Waals surface area contributed by atoms with Crippen LogP contribution in [0.25, 0.3) is 33.4 Å². The van der Waals surface area contributed by atoms with Crippen LogP contribution in [-0.2, 0) is 19.3 Å². The number of hydrogen-bond donors (Lipinski definition) is 2. The molecule has 0 radical (unpaired) electrons. The molecule has 8 nitrogen and oxygen atoms in total. The van der Waals surface area contributed by atoms with Crippen molar-refractivity contribution >= 4 is 32.5 Å². The first-order valence-electron chi connectivity index (χ1n) is 11.4. The van der Waals surface area contributed by atoms with Gasteiger partial charge in [-0.05, 0) is 29.3 Å². The van der Waals surface area contributed by atoms with Crippen LogP contribution in [-0.4, -0.2) is 67.4 Å². The Bertz CT molecular complexity index is 1540. The molecule has 2 saturated heterocycles. The third kappa shape index (κ3) is 4.27. The second-order valence-corrected chi connectivity index (χ2v) is 11.5. The summed E-state index contributed by atoms with van der Waals surface area (Å²) in [5.41, 5.74) is 4.79. The number of rotatable bonds is 5. The van der Waals surface area contributed by atoms with Crippen LogP contribution in [0.4, 0.5) is 0 Å². The number of halogens is 1. The number of ether oxygens (including phenoxy) is 3. The van der Waals surface area contributed by atoms with Crippen molar-refractivity contribution < 1.29 is 27.7 Å². The SMILES string of the molecule is CS(=O)(=O)c1ccc(-c2ccc(-c3nc4cc(O[C@@H]5COC6C5OC[C@H]6O)[nH]c4cc3Cl)cc2)cc1. The fourth-order valence-corrected chi connectivity index (χ4v) is 5.59. The third-order valence-corrected chi connectivity index (χ3v) is 7.98. The van der Waals surface area contributed by atoms with Gasteiger partial charge in [-0.1, -0.05) is 48.0 Å². The molecule has 0 bridgehead atoms. The van der Waals surface area contributed by atoms with Gasteiger partial charge in [0, 0.05) is 17.9 Å². The van der Waals surface area contributed by atoms with E-state index in [-0.39, 0.29) is 29.8 Å². The molecule has 4 atom stereocenters. The zero-order valence-electron chi connectivity index (χ0n) is 19.2. The molecule has 6 rings (SSSR count). The number of nitrogens with zero attached hydrogens (tertiary/aromatic N) is 1. The second-order valence-electron chi connectivity index (χ2n) is 9.08. The molecule has 0 saturated carbocycles. The van der Waals surface area contributed by atoms with Crippen molar-refractivity contribution in [3.63, 3.8) is 0 Å². The Morgan fingerprint density at radius 3 is 2.31 bits per heavy atom. The van der Waals surface area contributed by atoms with E-state index in [9.17, 15) is 13.5 Å². The largest absolute Gasteiger partial charge is 0.470 e. The lowest BCUT2D eigenvalue weighted by Crippen LogP contribution is -2.34. The fourth-order valence-electron chi connectivity index (χ4n) is 4.70. The van der Waals surface area contributed by atoms with E-state index in [4.69, 9.17) is 30.8 Å². The molecular weight excluding hydrogens is 504 g/mol. The first kappa shape index (κ1) is 23.4. The van der Waals surface area contributed by atoms with E-state index < -0.39 is 15.9 Å². The number of benzene rings is 2. The molecule has 2 unspecified atom stereocenters. The molecule has 4 heterocycles. The highest BCUT2D eigenvalue weighted by Crippen LogP contribution is 2.34. The summed E-state index contributed by atoms with van der Waals surface area (Å²) in [6, 6.07) is 18.2. The van der Waals surface area contributed by atoms with Crippen molar-refractivity contribution in [2.45, 2.75) is 29.3 Å². The summed E-state index contributed by atoms with van der Waals surface area (Å²) in [6.45, 7) is 0.581. The predicted molar refractivity (Wildman–Crippen MR) is 135 cm³/mol. The van der Waals surface area contributed by atoms with E-state index in [0.29, 0.717) is 28.7 Å². The smallest absolute Gasteiger partial charge is 0.193 e. The molecule has 186 valence electrons. The Labute approximate surface area is 212 Å². The Balaban J connectivity index is 1.23. The van der Waals surface area contributed by atoms with E-state index in [1.807, 2.05) is 36.4 Å². The Kier molecular flexibility index (Phi) is 5.77. The van der Waals surface area contributed by atoms with Gasteiger partial charge in [0.25, 0.3) is 0 Å². The van der Waals surface area contributed by atoms with Crippen LogP contribution in [0.5, 0.6) is 5.88 Å². The van der Waals surface area contributed by atoms with Crippen LogP contribution in [0.15, 0.2) is 65.6 Å². The number of aliphatic hydroxyl groups is 1. The Morgan fingerprint density at radius 2 is 1.61 bits per heavy atom. The molecule has 0 aliphatic carbocycles. The van der Waals surface area contributed by atoms with Gasteiger partial charge in [-0.2, -0.15) is 0 Å². The minimum absolute atomic E-state index is 0.243. The molecule has 2 aromatic carbocycles. The summed E-state index contributed by atoms with van der Waals surface area (Å²) in [6.07, 6.45) is -0.432.